The number of hydrogen-bond acceptors (Lipinski definition) is 3. The van der Waals surface area contributed by atoms with E-state index in [4.69, 9.17) is 4.74 Å². The van der Waals surface area contributed by atoms with Gasteiger partial charge in [0.15, 0.2) is 0 Å². The van der Waals surface area contributed by atoms with Gasteiger partial charge in [0.1, 0.15) is 5.75 Å². The predicted octanol–water partition coefficient (Wildman–Crippen LogP) is 6.46. The lowest BCUT2D eigenvalue weighted by Crippen LogP contribution is -2.14. The summed E-state index contributed by atoms with van der Waals surface area (Å²) in [6.45, 7) is 0. The minimum atomic E-state index is -4.66. The van der Waals surface area contributed by atoms with Crippen molar-refractivity contribution < 1.29 is 22.7 Å². The van der Waals surface area contributed by atoms with Crippen LogP contribution in [0.15, 0.2) is 84.9 Å². The lowest BCUT2D eigenvalue weighted by molar-refractivity contribution is -0.145. The van der Waals surface area contributed by atoms with Gasteiger partial charge in [0, 0.05) is 23.0 Å². The first-order chi connectivity index (χ1) is 16.3. The Hall–Kier alpha value is -4.33. The second-order valence-corrected chi connectivity index (χ2v) is 7.65. The van der Waals surface area contributed by atoms with Crippen molar-refractivity contribution >= 4 is 33.4 Å². The quantitative estimate of drug-likeness (QED) is 0.334. The predicted molar refractivity (Wildman–Crippen MR) is 125 cm³/mol. The molecule has 0 aliphatic rings. The molecule has 0 saturated heterocycles. The molecule has 0 atom stereocenters. The number of carbonyl (C=O) groups excluding carboxylic acids is 1. The molecule has 5 nitrogen and oxygen atoms in total. The monoisotopic (exact) mass is 461 g/mol. The molecule has 1 heterocycles. The fourth-order valence-corrected chi connectivity index (χ4v) is 3.95. The molecule has 0 spiro atoms. The SMILES string of the molecule is COc1ccc2c(c1)nc(C(F)(F)F)n2-c1ccc(NC(=O)c2cccc3ccccc23)cc1. The van der Waals surface area contributed by atoms with Crippen LogP contribution in [0.3, 0.4) is 0 Å². The van der Waals surface area contributed by atoms with Gasteiger partial charge < -0.3 is 10.1 Å². The summed E-state index contributed by atoms with van der Waals surface area (Å²) < 4.78 is 47.4. The maximum atomic E-state index is 13.7. The summed E-state index contributed by atoms with van der Waals surface area (Å²) >= 11 is 0. The van der Waals surface area contributed by atoms with Gasteiger partial charge in [-0.2, -0.15) is 13.2 Å². The Kier molecular flexibility index (Phi) is 5.20. The Morgan fingerprint density at radius 3 is 2.41 bits per heavy atom. The number of anilines is 1. The molecule has 0 bridgehead atoms. The van der Waals surface area contributed by atoms with Gasteiger partial charge in [-0.1, -0.05) is 36.4 Å². The van der Waals surface area contributed by atoms with Gasteiger partial charge in [0.05, 0.1) is 18.1 Å². The lowest BCUT2D eigenvalue weighted by atomic mass is 10.0. The number of alkyl halides is 3. The van der Waals surface area contributed by atoms with E-state index in [-0.39, 0.29) is 17.1 Å². The summed E-state index contributed by atoms with van der Waals surface area (Å²) in [5.41, 5.74) is 1.70. The van der Waals surface area contributed by atoms with Gasteiger partial charge in [-0.15, -0.1) is 0 Å². The number of aromatic nitrogens is 2. The highest BCUT2D eigenvalue weighted by atomic mass is 19.4. The van der Waals surface area contributed by atoms with Gasteiger partial charge in [-0.3, -0.25) is 9.36 Å². The number of ether oxygens (including phenoxy) is 1. The third-order valence-electron chi connectivity index (χ3n) is 5.53. The number of carbonyl (C=O) groups is 1. The third-order valence-corrected chi connectivity index (χ3v) is 5.53. The first-order valence-electron chi connectivity index (χ1n) is 10.4. The number of benzene rings is 4. The zero-order chi connectivity index (χ0) is 23.9. The molecule has 34 heavy (non-hydrogen) atoms. The highest BCUT2D eigenvalue weighted by Crippen LogP contribution is 2.35. The van der Waals surface area contributed by atoms with Crippen molar-refractivity contribution in [2.75, 3.05) is 12.4 Å². The maximum absolute atomic E-state index is 13.7. The minimum Gasteiger partial charge on any atom is -0.497 e. The summed E-state index contributed by atoms with van der Waals surface area (Å²) in [5, 5.41) is 4.57. The van der Waals surface area contributed by atoms with Gasteiger partial charge in [-0.05, 0) is 53.2 Å². The lowest BCUT2D eigenvalue weighted by Gasteiger charge is -2.13. The number of hydrogen-bond donors (Lipinski definition) is 1. The minimum absolute atomic E-state index is 0.167. The van der Waals surface area contributed by atoms with Crippen LogP contribution >= 0.6 is 0 Å². The van der Waals surface area contributed by atoms with E-state index in [0.717, 1.165) is 15.3 Å². The van der Waals surface area contributed by atoms with Gasteiger partial charge in [0.2, 0.25) is 5.82 Å². The van der Waals surface area contributed by atoms with Gasteiger partial charge >= 0.3 is 6.18 Å². The van der Waals surface area contributed by atoms with Gasteiger partial charge in [0.25, 0.3) is 5.91 Å². The van der Waals surface area contributed by atoms with Crippen molar-refractivity contribution in [3.8, 4) is 11.4 Å². The number of methoxy groups -OCH3 is 1. The summed E-state index contributed by atoms with van der Waals surface area (Å²) in [7, 11) is 1.44. The smallest absolute Gasteiger partial charge is 0.450 e. The number of rotatable bonds is 4. The maximum Gasteiger partial charge on any atom is 0.450 e. The van der Waals surface area contributed by atoms with E-state index >= 15 is 0 Å². The molecule has 170 valence electrons. The molecule has 1 aromatic heterocycles. The molecular formula is C26H18F3N3O2. The average molecular weight is 461 g/mol. The summed E-state index contributed by atoms with van der Waals surface area (Å²) in [6.07, 6.45) is -4.66. The summed E-state index contributed by atoms with van der Waals surface area (Å²) in [6, 6.07) is 23.7. The number of nitrogens with one attached hydrogen (secondary N) is 1. The Bertz CT molecular complexity index is 1520. The topological polar surface area (TPSA) is 56.1 Å². The Morgan fingerprint density at radius 2 is 1.68 bits per heavy atom. The zero-order valence-electron chi connectivity index (χ0n) is 17.9. The number of nitrogens with zero attached hydrogens (tertiary/aromatic N) is 2. The van der Waals surface area contributed by atoms with Crippen molar-refractivity contribution in [3.63, 3.8) is 0 Å². The number of amides is 1. The van der Waals surface area contributed by atoms with E-state index in [1.54, 1.807) is 30.3 Å². The number of halogens is 3. The molecule has 4 aromatic carbocycles. The van der Waals surface area contributed by atoms with Crippen LogP contribution in [0, 0.1) is 0 Å². The zero-order valence-corrected chi connectivity index (χ0v) is 17.9. The van der Waals surface area contributed by atoms with Crippen molar-refractivity contribution in [3.05, 3.63) is 96.3 Å². The molecule has 0 radical (unpaired) electrons. The van der Waals surface area contributed by atoms with E-state index < -0.39 is 12.0 Å². The van der Waals surface area contributed by atoms with Crippen molar-refractivity contribution in [2.45, 2.75) is 6.18 Å². The molecule has 0 fully saturated rings. The van der Waals surface area contributed by atoms with Gasteiger partial charge in [-0.25, -0.2) is 4.98 Å². The molecule has 0 saturated carbocycles. The van der Waals surface area contributed by atoms with E-state index in [1.165, 1.54) is 31.4 Å². The first kappa shape index (κ1) is 21.5. The molecule has 1 amide bonds. The van der Waals surface area contributed by atoms with E-state index in [0.29, 0.717) is 22.5 Å². The molecular weight excluding hydrogens is 443 g/mol. The largest absolute Gasteiger partial charge is 0.497 e. The fourth-order valence-electron chi connectivity index (χ4n) is 3.95. The fraction of sp³-hybridized carbons (Fsp3) is 0.0769. The van der Waals surface area contributed by atoms with Crippen LogP contribution in [0.2, 0.25) is 0 Å². The van der Waals surface area contributed by atoms with Crippen molar-refractivity contribution in [2.24, 2.45) is 0 Å². The number of fused-ring (bicyclic) bond motifs is 2. The molecule has 0 aliphatic carbocycles. The second kappa shape index (κ2) is 8.22. The highest BCUT2D eigenvalue weighted by Gasteiger charge is 2.38. The molecule has 8 heteroatoms. The normalized spacial score (nSPS) is 11.6. The third kappa shape index (κ3) is 3.83. The first-order valence-corrected chi connectivity index (χ1v) is 10.4. The van der Waals surface area contributed by atoms with Crippen molar-refractivity contribution in [1.29, 1.82) is 0 Å². The molecule has 5 rings (SSSR count). The van der Waals surface area contributed by atoms with Crippen LogP contribution in [0.1, 0.15) is 16.2 Å². The molecule has 1 N–H and O–H groups in total. The summed E-state index contributed by atoms with van der Waals surface area (Å²) in [4.78, 5) is 16.7. The van der Waals surface area contributed by atoms with E-state index in [9.17, 15) is 18.0 Å². The van der Waals surface area contributed by atoms with Crippen LogP contribution in [-0.4, -0.2) is 22.6 Å². The Labute approximate surface area is 192 Å². The Balaban J connectivity index is 1.49. The highest BCUT2D eigenvalue weighted by molar-refractivity contribution is 6.12. The molecule has 0 unspecified atom stereocenters. The van der Waals surface area contributed by atoms with Crippen LogP contribution in [0.5, 0.6) is 5.75 Å². The number of imidazole rings is 1. The van der Waals surface area contributed by atoms with E-state index in [1.807, 2.05) is 30.3 Å². The van der Waals surface area contributed by atoms with Crippen LogP contribution in [-0.2, 0) is 6.18 Å². The molecule has 5 aromatic rings. The standard InChI is InChI=1S/C26H18F3N3O2/c1-34-19-13-14-23-22(15-19)31-25(26(27,28)29)32(23)18-11-9-17(10-12-18)30-24(33)21-8-4-6-16-5-2-3-7-20(16)21/h2-15H,1H3,(H,30,33). The molecule has 0 aliphatic heterocycles. The average Bonchev–Trinajstić information content (AvgIpc) is 3.23. The van der Waals surface area contributed by atoms with Crippen LogP contribution in [0.4, 0.5) is 18.9 Å². The summed E-state index contributed by atoms with van der Waals surface area (Å²) in [5.74, 6) is -0.929. The van der Waals surface area contributed by atoms with E-state index in [2.05, 4.69) is 10.3 Å². The van der Waals surface area contributed by atoms with Crippen LogP contribution < -0.4 is 10.1 Å². The van der Waals surface area contributed by atoms with Crippen LogP contribution in [0.25, 0.3) is 27.5 Å². The van der Waals surface area contributed by atoms with Crippen molar-refractivity contribution in [1.82, 2.24) is 9.55 Å². The second-order valence-electron chi connectivity index (χ2n) is 7.65. The Morgan fingerprint density at radius 1 is 0.941 bits per heavy atom.